The molecule has 12 heteroatoms. The van der Waals surface area contributed by atoms with Crippen molar-refractivity contribution in [2.45, 2.75) is 120 Å². The first-order valence-electron chi connectivity index (χ1n) is 13.2. The first-order valence-corrected chi connectivity index (χ1v) is 20.4. The summed E-state index contributed by atoms with van der Waals surface area (Å²) >= 11 is 8.08. The fraction of sp³-hybridized carbons (Fsp3) is 0.800. The first-order chi connectivity index (χ1) is 16.9. The van der Waals surface area contributed by atoms with Gasteiger partial charge in [-0.2, -0.15) is 9.97 Å². The fourth-order valence-corrected chi connectivity index (χ4v) is 8.43. The Kier molecular flexibility index (Phi) is 7.95. The largest absolute Gasteiger partial charge is 0.410 e. The van der Waals surface area contributed by atoms with Crippen LogP contribution in [0.2, 0.25) is 41.5 Å². The molecule has 3 heterocycles. The Balaban J connectivity index is 1.79. The Morgan fingerprint density at radius 1 is 1.03 bits per heavy atom. The van der Waals surface area contributed by atoms with Crippen molar-refractivity contribution in [1.82, 2.24) is 19.5 Å². The molecule has 0 bridgehead atoms. The third kappa shape index (κ3) is 5.92. The number of rotatable bonds is 8. The molecule has 208 valence electrons. The highest BCUT2D eigenvalue weighted by Crippen LogP contribution is 2.51. The second kappa shape index (κ2) is 10.0. The van der Waals surface area contributed by atoms with Gasteiger partial charge in [-0.3, -0.25) is 4.57 Å². The van der Waals surface area contributed by atoms with Crippen LogP contribution in [0.15, 0.2) is 6.33 Å². The number of aromatic nitrogens is 4. The Bertz CT molecular complexity index is 1130. The maximum Gasteiger partial charge on any atom is 0.226 e. The van der Waals surface area contributed by atoms with Crippen LogP contribution in [0.5, 0.6) is 0 Å². The molecule has 0 radical (unpaired) electrons. The van der Waals surface area contributed by atoms with Crippen LogP contribution in [0, 0.1) is 0 Å². The Morgan fingerprint density at radius 3 is 2.11 bits per heavy atom. The molecule has 2 aromatic heterocycles. The van der Waals surface area contributed by atoms with Crippen LogP contribution < -0.4 is 5.32 Å². The zero-order valence-electron chi connectivity index (χ0n) is 23.9. The van der Waals surface area contributed by atoms with E-state index in [-0.39, 0.29) is 44.8 Å². The molecule has 37 heavy (non-hydrogen) atoms. The van der Waals surface area contributed by atoms with Crippen LogP contribution in [-0.2, 0) is 8.85 Å². The van der Waals surface area contributed by atoms with Crippen molar-refractivity contribution in [1.29, 1.82) is 0 Å². The summed E-state index contributed by atoms with van der Waals surface area (Å²) in [4.78, 5) is 13.8. The van der Waals surface area contributed by atoms with E-state index in [9.17, 15) is 5.11 Å². The smallest absolute Gasteiger partial charge is 0.226 e. The van der Waals surface area contributed by atoms with E-state index in [2.05, 4.69) is 87.6 Å². The van der Waals surface area contributed by atoms with Gasteiger partial charge in [0.25, 0.3) is 0 Å². The summed E-state index contributed by atoms with van der Waals surface area (Å²) in [5.41, 5.74) is 1.38. The van der Waals surface area contributed by atoms with E-state index in [0.29, 0.717) is 23.0 Å². The van der Waals surface area contributed by atoms with Gasteiger partial charge in [-0.1, -0.05) is 41.5 Å². The number of nitrogens with one attached hydrogen (secondary N) is 1. The minimum atomic E-state index is -2.20. The SMILES string of the molecule is CC(C)(C)[Si](C)(C)O[C@@H]1[C@H](O[Si](C)(C)C(C)(C)C)[C@@H](CO)S[C@H]1n1cnc2c(NC3CC3)nc(Cl)nc21. The number of nitrogens with zero attached hydrogens (tertiary/aromatic N) is 4. The van der Waals surface area contributed by atoms with Gasteiger partial charge >= 0.3 is 0 Å². The summed E-state index contributed by atoms with van der Waals surface area (Å²) in [6.45, 7) is 22.6. The van der Waals surface area contributed by atoms with Gasteiger partial charge in [0.15, 0.2) is 33.6 Å². The molecule has 2 aliphatic rings. The number of halogens is 1. The van der Waals surface area contributed by atoms with E-state index in [1.807, 2.05) is 6.33 Å². The Hall–Kier alpha value is -0.696. The second-order valence-corrected chi connectivity index (χ2v) is 24.7. The standard InChI is InChI=1S/C25H44ClN5O3SSi2/c1-24(2,3)36(7,8)33-18-16(13-32)35-22(19(18)34-37(9,10)25(4,5)6)31-14-27-17-20(28-15-11-12-15)29-23(26)30-21(17)31/h14-16,18-19,22,32H,11-13H2,1-10H3,(H,28,29,30)/t16-,18-,19-,22-/m1/s1. The molecule has 8 nitrogen and oxygen atoms in total. The van der Waals surface area contributed by atoms with Gasteiger partial charge in [0.05, 0.1) is 24.3 Å². The third-order valence-electron chi connectivity index (χ3n) is 8.53. The van der Waals surface area contributed by atoms with Gasteiger partial charge in [0, 0.05) is 6.04 Å². The number of fused-ring (bicyclic) bond motifs is 1. The van der Waals surface area contributed by atoms with E-state index >= 15 is 0 Å². The molecule has 4 atom stereocenters. The minimum absolute atomic E-state index is 0.00860. The van der Waals surface area contributed by atoms with Crippen LogP contribution in [0.3, 0.4) is 0 Å². The predicted molar refractivity (Wildman–Crippen MR) is 159 cm³/mol. The van der Waals surface area contributed by atoms with Crippen LogP contribution in [-0.4, -0.2) is 71.4 Å². The van der Waals surface area contributed by atoms with Crippen molar-refractivity contribution < 1.29 is 14.0 Å². The zero-order valence-corrected chi connectivity index (χ0v) is 27.5. The van der Waals surface area contributed by atoms with Crippen LogP contribution >= 0.6 is 23.4 Å². The summed E-state index contributed by atoms with van der Waals surface area (Å²) in [6, 6.07) is 0.413. The molecule has 4 rings (SSSR count). The van der Waals surface area contributed by atoms with Crippen molar-refractivity contribution >= 4 is 57.0 Å². The summed E-state index contributed by atoms with van der Waals surface area (Å²) in [6.07, 6.45) is 3.53. The Labute approximate surface area is 232 Å². The lowest BCUT2D eigenvalue weighted by Gasteiger charge is -2.44. The number of thioether (sulfide) groups is 1. The number of imidazole rings is 1. The molecular weight excluding hydrogens is 542 g/mol. The average molecular weight is 586 g/mol. The molecule has 2 fully saturated rings. The number of aliphatic hydroxyl groups is 1. The molecule has 1 aliphatic carbocycles. The summed E-state index contributed by atoms with van der Waals surface area (Å²) in [5, 5.41) is 13.9. The van der Waals surface area contributed by atoms with Crippen molar-refractivity contribution in [2.24, 2.45) is 0 Å². The number of aliphatic hydroxyl groups excluding tert-OH is 1. The van der Waals surface area contributed by atoms with E-state index in [4.69, 9.17) is 25.4 Å². The molecule has 0 aromatic carbocycles. The molecule has 1 saturated carbocycles. The third-order valence-corrected chi connectivity index (χ3v) is 19.2. The molecule has 1 saturated heterocycles. The molecular formula is C25H44ClN5O3SSi2. The summed E-state index contributed by atoms with van der Waals surface area (Å²) in [7, 11) is -4.36. The summed E-state index contributed by atoms with van der Waals surface area (Å²) < 4.78 is 16.2. The van der Waals surface area contributed by atoms with E-state index in [1.54, 1.807) is 11.8 Å². The van der Waals surface area contributed by atoms with Gasteiger partial charge in [-0.25, -0.2) is 4.98 Å². The topological polar surface area (TPSA) is 94.3 Å². The molecule has 2 N–H and O–H groups in total. The lowest BCUT2D eigenvalue weighted by Crippen LogP contribution is -2.53. The zero-order chi connectivity index (χ0) is 27.6. The van der Waals surface area contributed by atoms with Crippen molar-refractivity contribution in [3.05, 3.63) is 11.6 Å². The lowest BCUT2D eigenvalue weighted by molar-refractivity contribution is 0.0260. The number of anilines is 1. The highest BCUT2D eigenvalue weighted by Gasteiger charge is 2.54. The lowest BCUT2D eigenvalue weighted by atomic mass is 10.1. The second-order valence-electron chi connectivity index (χ2n) is 13.5. The van der Waals surface area contributed by atoms with Crippen LogP contribution in [0.4, 0.5) is 5.82 Å². The Morgan fingerprint density at radius 2 is 1.59 bits per heavy atom. The molecule has 0 amide bonds. The van der Waals surface area contributed by atoms with E-state index < -0.39 is 16.6 Å². The summed E-state index contributed by atoms with van der Waals surface area (Å²) in [5.74, 6) is 0.675. The van der Waals surface area contributed by atoms with Crippen molar-refractivity contribution in [3.63, 3.8) is 0 Å². The molecule has 0 spiro atoms. The average Bonchev–Trinajstić information content (AvgIpc) is 3.37. The quantitative estimate of drug-likeness (QED) is 0.270. The first kappa shape index (κ1) is 29.3. The fourth-order valence-electron chi connectivity index (χ4n) is 3.98. The van der Waals surface area contributed by atoms with Crippen molar-refractivity contribution in [2.75, 3.05) is 11.9 Å². The van der Waals surface area contributed by atoms with Crippen LogP contribution in [0.25, 0.3) is 11.2 Å². The number of hydrogen-bond donors (Lipinski definition) is 2. The molecule has 1 aliphatic heterocycles. The highest BCUT2D eigenvalue weighted by atomic mass is 35.5. The normalized spacial score (nSPS) is 25.7. The molecule has 2 aromatic rings. The van der Waals surface area contributed by atoms with Gasteiger partial charge < -0.3 is 19.3 Å². The highest BCUT2D eigenvalue weighted by molar-refractivity contribution is 8.00. The number of hydrogen-bond acceptors (Lipinski definition) is 8. The maximum absolute atomic E-state index is 10.5. The van der Waals surface area contributed by atoms with E-state index in [1.165, 1.54) is 0 Å². The minimum Gasteiger partial charge on any atom is -0.410 e. The monoisotopic (exact) mass is 585 g/mol. The van der Waals surface area contributed by atoms with Gasteiger partial charge in [0.2, 0.25) is 5.28 Å². The maximum atomic E-state index is 10.5. The van der Waals surface area contributed by atoms with Crippen molar-refractivity contribution in [3.8, 4) is 0 Å². The van der Waals surface area contributed by atoms with E-state index in [0.717, 1.165) is 12.8 Å². The molecule has 0 unspecified atom stereocenters. The van der Waals surface area contributed by atoms with Crippen LogP contribution in [0.1, 0.15) is 59.8 Å². The van der Waals surface area contributed by atoms with Gasteiger partial charge in [-0.15, -0.1) is 11.8 Å². The van der Waals surface area contributed by atoms with Gasteiger partial charge in [0.1, 0.15) is 11.5 Å². The predicted octanol–water partition coefficient (Wildman–Crippen LogP) is 6.44. The van der Waals surface area contributed by atoms with Gasteiger partial charge in [-0.05, 0) is 60.7 Å².